The van der Waals surface area contributed by atoms with Gasteiger partial charge in [0, 0.05) is 23.2 Å². The van der Waals surface area contributed by atoms with E-state index in [2.05, 4.69) is 0 Å². The highest BCUT2D eigenvalue weighted by Gasteiger charge is 2.57. The van der Waals surface area contributed by atoms with Crippen molar-refractivity contribution >= 4 is 24.5 Å². The third kappa shape index (κ3) is 3.52. The van der Waals surface area contributed by atoms with Crippen LogP contribution in [0.5, 0.6) is 0 Å². The SMILES string of the molecule is CC1(C)OB([C@H]2CCCC(=O)[C@H]2[C@H](O)c2ccc(Cl)cc2)OC1(C)C. The second kappa shape index (κ2) is 6.69. The number of carbonyl (C=O) groups excluding carboxylic acids is 1. The Balaban J connectivity index is 1.87. The Kier molecular flexibility index (Phi) is 5.06. The normalized spacial score (nSPS) is 29.7. The molecule has 4 nitrogen and oxygen atoms in total. The van der Waals surface area contributed by atoms with Crippen molar-refractivity contribution in [3.63, 3.8) is 0 Å². The second-order valence-electron chi connectivity index (χ2n) is 8.17. The van der Waals surface area contributed by atoms with Gasteiger partial charge in [0.25, 0.3) is 0 Å². The number of aliphatic hydroxyl groups excluding tert-OH is 1. The molecular formula is C19H26BClO4. The minimum absolute atomic E-state index is 0.0772. The fourth-order valence-corrected chi connectivity index (χ4v) is 3.87. The first-order chi connectivity index (χ1) is 11.6. The second-order valence-corrected chi connectivity index (χ2v) is 8.61. The molecule has 1 aliphatic heterocycles. The van der Waals surface area contributed by atoms with Crippen LogP contribution in [0.1, 0.15) is 58.6 Å². The van der Waals surface area contributed by atoms with Gasteiger partial charge in [-0.05, 0) is 51.8 Å². The number of Topliss-reactive ketones (excluding diaryl/α,β-unsaturated/α-hetero) is 1. The van der Waals surface area contributed by atoms with Crippen LogP contribution in [0.4, 0.5) is 0 Å². The molecule has 0 unspecified atom stereocenters. The molecule has 0 aromatic heterocycles. The number of halogens is 1. The van der Waals surface area contributed by atoms with E-state index in [1.807, 2.05) is 27.7 Å². The molecule has 2 fully saturated rings. The maximum Gasteiger partial charge on any atom is 0.462 e. The summed E-state index contributed by atoms with van der Waals surface area (Å²) in [4.78, 5) is 12.7. The van der Waals surface area contributed by atoms with Crippen LogP contribution in [0.2, 0.25) is 10.8 Å². The fourth-order valence-electron chi connectivity index (χ4n) is 3.74. The monoisotopic (exact) mass is 364 g/mol. The van der Waals surface area contributed by atoms with E-state index in [9.17, 15) is 9.90 Å². The van der Waals surface area contributed by atoms with E-state index in [1.165, 1.54) is 0 Å². The summed E-state index contributed by atoms with van der Waals surface area (Å²) in [5.41, 5.74) is -0.201. The summed E-state index contributed by atoms with van der Waals surface area (Å²) in [6.45, 7) is 8.01. The summed E-state index contributed by atoms with van der Waals surface area (Å²) in [6.07, 6.45) is 1.22. The number of carbonyl (C=O) groups is 1. The molecule has 3 rings (SSSR count). The molecule has 25 heavy (non-hydrogen) atoms. The topological polar surface area (TPSA) is 55.8 Å². The number of aliphatic hydroxyl groups is 1. The summed E-state index contributed by atoms with van der Waals surface area (Å²) in [5.74, 6) is -0.606. The Morgan fingerprint density at radius 3 is 2.28 bits per heavy atom. The van der Waals surface area contributed by atoms with Crippen LogP contribution in [0, 0.1) is 5.92 Å². The van der Waals surface area contributed by atoms with Gasteiger partial charge < -0.3 is 14.4 Å². The molecule has 2 aliphatic rings. The average molecular weight is 365 g/mol. The van der Waals surface area contributed by atoms with Crippen LogP contribution < -0.4 is 0 Å². The van der Waals surface area contributed by atoms with Crippen molar-refractivity contribution in [3.05, 3.63) is 34.9 Å². The standard InChI is InChI=1S/C19H26BClO4/c1-18(2)19(3,4)25-20(24-18)14-6-5-7-15(22)16(14)17(23)12-8-10-13(21)11-9-12/h8-11,14,16-17,23H,5-7H2,1-4H3/t14-,16-,17+/m0/s1. The molecule has 1 saturated carbocycles. The van der Waals surface area contributed by atoms with Crippen molar-refractivity contribution in [2.75, 3.05) is 0 Å². The van der Waals surface area contributed by atoms with Gasteiger partial charge in [-0.15, -0.1) is 0 Å². The van der Waals surface area contributed by atoms with Gasteiger partial charge in [0.15, 0.2) is 0 Å². The molecule has 6 heteroatoms. The summed E-state index contributed by atoms with van der Waals surface area (Å²) in [5, 5.41) is 11.5. The predicted molar refractivity (Wildman–Crippen MR) is 98.6 cm³/mol. The molecule has 1 aliphatic carbocycles. The zero-order valence-electron chi connectivity index (χ0n) is 15.3. The molecule has 0 radical (unpaired) electrons. The lowest BCUT2D eigenvalue weighted by atomic mass is 9.57. The lowest BCUT2D eigenvalue weighted by Crippen LogP contribution is -2.41. The maximum atomic E-state index is 12.7. The largest absolute Gasteiger partial charge is 0.462 e. The third-order valence-corrected chi connectivity index (χ3v) is 6.22. The number of hydrogen-bond donors (Lipinski definition) is 1. The molecule has 1 saturated heterocycles. The number of benzene rings is 1. The highest BCUT2D eigenvalue weighted by atomic mass is 35.5. The fraction of sp³-hybridized carbons (Fsp3) is 0.632. The van der Waals surface area contributed by atoms with Gasteiger partial charge in [-0.2, -0.15) is 0 Å². The zero-order valence-corrected chi connectivity index (χ0v) is 16.0. The Morgan fingerprint density at radius 2 is 1.72 bits per heavy atom. The number of rotatable bonds is 3. The number of ketones is 1. The molecule has 0 amide bonds. The molecule has 1 aromatic carbocycles. The lowest BCUT2D eigenvalue weighted by Gasteiger charge is -2.34. The smallest absolute Gasteiger partial charge is 0.403 e. The van der Waals surface area contributed by atoms with Crippen molar-refractivity contribution in [3.8, 4) is 0 Å². The summed E-state index contributed by atoms with van der Waals surface area (Å²) >= 11 is 5.94. The molecule has 1 aromatic rings. The lowest BCUT2D eigenvalue weighted by molar-refractivity contribution is -0.129. The van der Waals surface area contributed by atoms with Gasteiger partial charge in [-0.3, -0.25) is 4.79 Å². The van der Waals surface area contributed by atoms with Crippen LogP contribution in [-0.2, 0) is 14.1 Å². The van der Waals surface area contributed by atoms with E-state index in [1.54, 1.807) is 24.3 Å². The van der Waals surface area contributed by atoms with Crippen molar-refractivity contribution < 1.29 is 19.2 Å². The maximum absolute atomic E-state index is 12.7. The van der Waals surface area contributed by atoms with Crippen LogP contribution in [0.3, 0.4) is 0 Å². The van der Waals surface area contributed by atoms with E-state index >= 15 is 0 Å². The number of hydrogen-bond acceptors (Lipinski definition) is 4. The van der Waals surface area contributed by atoms with E-state index < -0.39 is 30.3 Å². The Morgan fingerprint density at radius 1 is 1.16 bits per heavy atom. The van der Waals surface area contributed by atoms with E-state index in [4.69, 9.17) is 20.9 Å². The summed E-state index contributed by atoms with van der Waals surface area (Å²) in [7, 11) is -0.485. The minimum Gasteiger partial charge on any atom is -0.403 e. The predicted octanol–water partition coefficient (Wildman–Crippen LogP) is 4.21. The first-order valence-electron chi connectivity index (χ1n) is 8.94. The molecule has 0 spiro atoms. The van der Waals surface area contributed by atoms with E-state index in [0.717, 1.165) is 12.8 Å². The van der Waals surface area contributed by atoms with Crippen molar-refractivity contribution in [2.45, 2.75) is 70.1 Å². The first kappa shape index (κ1) is 18.9. The zero-order chi connectivity index (χ0) is 18.4. The van der Waals surface area contributed by atoms with Crippen LogP contribution in [-0.4, -0.2) is 29.2 Å². The summed E-state index contributed by atoms with van der Waals surface area (Å²) in [6, 6.07) is 7.01. The van der Waals surface area contributed by atoms with Gasteiger partial charge in [0.1, 0.15) is 5.78 Å². The van der Waals surface area contributed by atoms with Gasteiger partial charge in [-0.1, -0.05) is 30.2 Å². The van der Waals surface area contributed by atoms with E-state index in [-0.39, 0.29) is 11.6 Å². The van der Waals surface area contributed by atoms with Crippen LogP contribution in [0.25, 0.3) is 0 Å². The van der Waals surface area contributed by atoms with Crippen molar-refractivity contribution in [1.29, 1.82) is 0 Å². The molecule has 136 valence electrons. The average Bonchev–Trinajstić information content (AvgIpc) is 2.75. The first-order valence-corrected chi connectivity index (χ1v) is 9.32. The highest BCUT2D eigenvalue weighted by Crippen LogP contribution is 2.48. The van der Waals surface area contributed by atoms with Gasteiger partial charge in [0.2, 0.25) is 0 Å². The molecule has 1 N–H and O–H groups in total. The molecule has 1 heterocycles. The van der Waals surface area contributed by atoms with Gasteiger partial charge in [0.05, 0.1) is 17.3 Å². The molecule has 0 bridgehead atoms. The van der Waals surface area contributed by atoms with Crippen LogP contribution in [0.15, 0.2) is 24.3 Å². The van der Waals surface area contributed by atoms with E-state index in [0.29, 0.717) is 17.0 Å². The quantitative estimate of drug-likeness (QED) is 0.816. The van der Waals surface area contributed by atoms with Crippen molar-refractivity contribution in [1.82, 2.24) is 0 Å². The highest BCUT2D eigenvalue weighted by molar-refractivity contribution is 6.48. The Hall–Kier alpha value is -0.875. The van der Waals surface area contributed by atoms with Crippen LogP contribution >= 0.6 is 11.6 Å². The Labute approximate surface area is 155 Å². The van der Waals surface area contributed by atoms with Gasteiger partial charge in [-0.25, -0.2) is 0 Å². The Bertz CT molecular complexity index is 627. The third-order valence-electron chi connectivity index (χ3n) is 5.97. The molecular weight excluding hydrogens is 338 g/mol. The molecule has 3 atom stereocenters. The van der Waals surface area contributed by atoms with Gasteiger partial charge >= 0.3 is 7.12 Å². The summed E-state index contributed by atoms with van der Waals surface area (Å²) < 4.78 is 12.4. The van der Waals surface area contributed by atoms with Crippen molar-refractivity contribution in [2.24, 2.45) is 5.92 Å². The minimum atomic E-state index is -0.880.